The molecule has 2 aromatic carbocycles. The van der Waals surface area contributed by atoms with Crippen molar-refractivity contribution < 1.29 is 18.7 Å². The van der Waals surface area contributed by atoms with Crippen LogP contribution in [0.5, 0.6) is 5.75 Å². The van der Waals surface area contributed by atoms with Crippen molar-refractivity contribution in [2.45, 2.75) is 6.42 Å². The van der Waals surface area contributed by atoms with E-state index < -0.39 is 5.82 Å². The summed E-state index contributed by atoms with van der Waals surface area (Å²) in [4.78, 5) is 28.4. The Morgan fingerprint density at radius 2 is 1.97 bits per heavy atom. The molecule has 0 aliphatic carbocycles. The van der Waals surface area contributed by atoms with Crippen LogP contribution in [0.1, 0.15) is 16.8 Å². The molecule has 0 saturated carbocycles. The number of hydrogen-bond acceptors (Lipinski definition) is 5. The summed E-state index contributed by atoms with van der Waals surface area (Å²) in [6.07, 6.45) is 0.106. The van der Waals surface area contributed by atoms with Gasteiger partial charge in [0, 0.05) is 33.9 Å². The average molecular weight is 478 g/mol. The first-order chi connectivity index (χ1) is 14.0. The summed E-state index contributed by atoms with van der Waals surface area (Å²) < 4.78 is 19.6. The van der Waals surface area contributed by atoms with E-state index in [-0.39, 0.29) is 30.5 Å². The van der Waals surface area contributed by atoms with Crippen molar-refractivity contribution in [2.75, 3.05) is 19.0 Å². The van der Waals surface area contributed by atoms with E-state index in [0.717, 1.165) is 4.47 Å². The Bertz CT molecular complexity index is 1020. The van der Waals surface area contributed by atoms with Crippen molar-refractivity contribution in [3.8, 4) is 17.0 Å². The molecule has 2 amide bonds. The number of hydrogen-bond donors (Lipinski definition) is 2. The number of halogens is 2. The highest BCUT2D eigenvalue weighted by molar-refractivity contribution is 9.10. The van der Waals surface area contributed by atoms with Gasteiger partial charge in [0.1, 0.15) is 0 Å². The number of ether oxygens (including phenoxy) is 1. The standard InChI is InChI=1S/C20H17BrFN3O3S/c1-28-17-7-4-13(10-15(17)22)16-11-29-20(24-16)25-18(26)8-9-23-19(27)12-2-5-14(21)6-3-12/h2-7,10-11H,8-9H2,1H3,(H,23,27)(H,24,25,26). The molecule has 9 heteroatoms. The molecule has 3 aromatic rings. The van der Waals surface area contributed by atoms with Crippen molar-refractivity contribution in [3.63, 3.8) is 0 Å². The van der Waals surface area contributed by atoms with E-state index in [9.17, 15) is 14.0 Å². The summed E-state index contributed by atoms with van der Waals surface area (Å²) in [5.74, 6) is -0.848. The molecule has 1 heterocycles. The van der Waals surface area contributed by atoms with Gasteiger partial charge in [0.2, 0.25) is 5.91 Å². The topological polar surface area (TPSA) is 80.3 Å². The maximum absolute atomic E-state index is 13.8. The third-order valence-corrected chi connectivity index (χ3v) is 5.23. The first-order valence-electron chi connectivity index (χ1n) is 8.59. The third kappa shape index (κ3) is 5.61. The number of nitrogens with one attached hydrogen (secondary N) is 2. The average Bonchev–Trinajstić information content (AvgIpc) is 3.16. The zero-order chi connectivity index (χ0) is 20.8. The second kappa shape index (κ2) is 9.62. The minimum absolute atomic E-state index is 0.106. The van der Waals surface area contributed by atoms with Gasteiger partial charge in [-0.25, -0.2) is 9.37 Å². The number of nitrogens with zero attached hydrogens (tertiary/aromatic N) is 1. The fourth-order valence-corrected chi connectivity index (χ4v) is 3.46. The Kier molecular flexibility index (Phi) is 6.95. The molecule has 0 radical (unpaired) electrons. The van der Waals surface area contributed by atoms with Crippen molar-refractivity contribution in [1.29, 1.82) is 0 Å². The van der Waals surface area contributed by atoms with Crippen LogP contribution in [-0.4, -0.2) is 30.5 Å². The van der Waals surface area contributed by atoms with E-state index in [0.29, 0.717) is 22.0 Å². The van der Waals surface area contributed by atoms with Crippen molar-refractivity contribution in [1.82, 2.24) is 10.3 Å². The van der Waals surface area contributed by atoms with E-state index >= 15 is 0 Å². The molecule has 0 atom stereocenters. The number of carbonyl (C=O) groups is 2. The molecular formula is C20H17BrFN3O3S. The van der Waals surface area contributed by atoms with Crippen LogP contribution >= 0.6 is 27.3 Å². The van der Waals surface area contributed by atoms with Crippen LogP contribution < -0.4 is 15.4 Å². The maximum atomic E-state index is 13.8. The predicted octanol–water partition coefficient (Wildman–Crippen LogP) is 4.48. The summed E-state index contributed by atoms with van der Waals surface area (Å²) in [6.45, 7) is 0.197. The molecule has 150 valence electrons. The summed E-state index contributed by atoms with van der Waals surface area (Å²) in [5.41, 5.74) is 1.65. The van der Waals surface area contributed by atoms with E-state index in [4.69, 9.17) is 4.74 Å². The van der Waals surface area contributed by atoms with E-state index in [1.807, 2.05) is 0 Å². The van der Waals surface area contributed by atoms with Crippen molar-refractivity contribution >= 4 is 44.2 Å². The van der Waals surface area contributed by atoms with Gasteiger partial charge in [-0.1, -0.05) is 15.9 Å². The molecule has 1 aromatic heterocycles. The van der Waals surface area contributed by atoms with Gasteiger partial charge in [0.15, 0.2) is 16.7 Å². The number of thiazole rings is 1. The molecular weight excluding hydrogens is 461 g/mol. The van der Waals surface area contributed by atoms with Crippen LogP contribution in [0.15, 0.2) is 52.3 Å². The third-order valence-electron chi connectivity index (χ3n) is 3.94. The van der Waals surface area contributed by atoms with Gasteiger partial charge in [-0.2, -0.15) is 0 Å². The Balaban J connectivity index is 1.50. The number of benzene rings is 2. The van der Waals surface area contributed by atoms with Gasteiger partial charge in [-0.3, -0.25) is 9.59 Å². The van der Waals surface area contributed by atoms with Gasteiger partial charge in [-0.15, -0.1) is 11.3 Å². The van der Waals surface area contributed by atoms with Crippen LogP contribution in [0.3, 0.4) is 0 Å². The van der Waals surface area contributed by atoms with Gasteiger partial charge >= 0.3 is 0 Å². The zero-order valence-corrected chi connectivity index (χ0v) is 17.8. The predicted molar refractivity (Wildman–Crippen MR) is 114 cm³/mol. The fraction of sp³-hybridized carbons (Fsp3) is 0.150. The number of aromatic nitrogens is 1. The Hall–Kier alpha value is -2.78. The second-order valence-corrected chi connectivity index (χ2v) is 7.72. The molecule has 0 aliphatic heterocycles. The van der Waals surface area contributed by atoms with E-state index in [1.54, 1.807) is 35.7 Å². The molecule has 29 heavy (non-hydrogen) atoms. The Morgan fingerprint density at radius 1 is 1.21 bits per heavy atom. The first-order valence-corrected chi connectivity index (χ1v) is 10.3. The highest BCUT2D eigenvalue weighted by Crippen LogP contribution is 2.28. The van der Waals surface area contributed by atoms with Crippen molar-refractivity contribution in [3.05, 3.63) is 63.7 Å². The number of anilines is 1. The molecule has 0 bridgehead atoms. The number of carbonyl (C=O) groups excluding carboxylic acids is 2. The van der Waals surface area contributed by atoms with Gasteiger partial charge < -0.3 is 15.4 Å². The zero-order valence-electron chi connectivity index (χ0n) is 15.4. The van der Waals surface area contributed by atoms with Crippen LogP contribution in [-0.2, 0) is 4.79 Å². The molecule has 0 unspecified atom stereocenters. The lowest BCUT2D eigenvalue weighted by molar-refractivity contribution is -0.116. The maximum Gasteiger partial charge on any atom is 0.251 e. The smallest absolute Gasteiger partial charge is 0.251 e. The minimum Gasteiger partial charge on any atom is -0.494 e. The molecule has 6 nitrogen and oxygen atoms in total. The first kappa shape index (κ1) is 20.9. The molecule has 0 spiro atoms. The van der Waals surface area contributed by atoms with Crippen molar-refractivity contribution in [2.24, 2.45) is 0 Å². The minimum atomic E-state index is -0.481. The Labute approximate surface area is 179 Å². The van der Waals surface area contributed by atoms with Crippen LogP contribution in [0.2, 0.25) is 0 Å². The SMILES string of the molecule is COc1ccc(-c2csc(NC(=O)CCNC(=O)c3ccc(Br)cc3)n2)cc1F. The molecule has 0 aliphatic rings. The number of methoxy groups -OCH3 is 1. The highest BCUT2D eigenvalue weighted by Gasteiger charge is 2.11. The largest absolute Gasteiger partial charge is 0.494 e. The summed E-state index contributed by atoms with van der Waals surface area (Å²) in [5, 5.41) is 7.51. The van der Waals surface area contributed by atoms with Crippen LogP contribution in [0.4, 0.5) is 9.52 Å². The lowest BCUT2D eigenvalue weighted by atomic mass is 10.1. The molecule has 3 rings (SSSR count). The fourth-order valence-electron chi connectivity index (χ4n) is 2.46. The monoisotopic (exact) mass is 477 g/mol. The summed E-state index contributed by atoms with van der Waals surface area (Å²) in [6, 6.07) is 11.5. The lowest BCUT2D eigenvalue weighted by Crippen LogP contribution is -2.27. The van der Waals surface area contributed by atoms with Gasteiger partial charge in [-0.05, 0) is 42.5 Å². The number of amides is 2. The van der Waals surface area contributed by atoms with Crippen LogP contribution in [0, 0.1) is 5.82 Å². The molecule has 0 saturated heterocycles. The quantitative estimate of drug-likeness (QED) is 0.525. The normalized spacial score (nSPS) is 10.4. The second-order valence-electron chi connectivity index (χ2n) is 5.95. The molecule has 2 N–H and O–H groups in total. The molecule has 0 fully saturated rings. The Morgan fingerprint density at radius 3 is 2.66 bits per heavy atom. The van der Waals surface area contributed by atoms with Gasteiger partial charge in [0.05, 0.1) is 12.8 Å². The highest BCUT2D eigenvalue weighted by atomic mass is 79.9. The number of rotatable bonds is 7. The van der Waals surface area contributed by atoms with Gasteiger partial charge in [0.25, 0.3) is 5.91 Å². The lowest BCUT2D eigenvalue weighted by Gasteiger charge is -2.05. The van der Waals surface area contributed by atoms with E-state index in [1.165, 1.54) is 30.6 Å². The summed E-state index contributed by atoms with van der Waals surface area (Å²) in [7, 11) is 1.40. The van der Waals surface area contributed by atoms with Crippen LogP contribution in [0.25, 0.3) is 11.3 Å². The summed E-state index contributed by atoms with van der Waals surface area (Å²) >= 11 is 4.55. The van der Waals surface area contributed by atoms with E-state index in [2.05, 4.69) is 31.5 Å².